The summed E-state index contributed by atoms with van der Waals surface area (Å²) in [7, 11) is 0. The highest BCUT2D eigenvalue weighted by molar-refractivity contribution is 5.07. The largest absolute Gasteiger partial charge is 0.0856 e. The number of hydrogen-bond acceptors (Lipinski definition) is 0. The summed E-state index contributed by atoms with van der Waals surface area (Å²) in [5.41, 5.74) is 5.75. The Morgan fingerprint density at radius 3 is 1.38 bits per heavy atom. The van der Waals surface area contributed by atoms with Gasteiger partial charge in [0.25, 0.3) is 0 Å². The van der Waals surface area contributed by atoms with Crippen molar-refractivity contribution in [3.8, 4) is 0 Å². The van der Waals surface area contributed by atoms with Crippen LogP contribution >= 0.6 is 0 Å². The molecule has 0 aliphatic carbocycles. The molecule has 0 spiro atoms. The SMILES string of the molecule is [C]C/C=C(\C)CC/C=C(\C)CC/C=C(\C)CCC=C(C)C. The highest BCUT2D eigenvalue weighted by Crippen LogP contribution is 2.13. The molecule has 0 saturated heterocycles. The standard InChI is InChI=1S/C21H33/c1-7-11-19(4)14-9-15-21(6)17-10-16-20(5)13-8-12-18(2)3/h11-12,15-16H,7-10,13-14,17H2,2-6H3/b19-11+,20-16+,21-15+. The van der Waals surface area contributed by atoms with Gasteiger partial charge in [0.15, 0.2) is 0 Å². The first-order valence-corrected chi connectivity index (χ1v) is 8.20. The molecule has 0 heteroatoms. The van der Waals surface area contributed by atoms with Gasteiger partial charge in [-0.3, -0.25) is 0 Å². The van der Waals surface area contributed by atoms with Crippen LogP contribution in [0.1, 0.15) is 79.6 Å². The smallest absolute Gasteiger partial charge is 0.00495 e. The first-order chi connectivity index (χ1) is 9.95. The van der Waals surface area contributed by atoms with Crippen LogP contribution in [0.2, 0.25) is 0 Å². The van der Waals surface area contributed by atoms with Gasteiger partial charge in [0.1, 0.15) is 0 Å². The molecule has 0 unspecified atom stereocenters. The fraction of sp³-hybridized carbons (Fsp3) is 0.571. The molecule has 21 heavy (non-hydrogen) atoms. The van der Waals surface area contributed by atoms with E-state index in [1.807, 2.05) is 6.08 Å². The molecular weight excluding hydrogens is 252 g/mol. The molecule has 0 atom stereocenters. The van der Waals surface area contributed by atoms with Crippen molar-refractivity contribution >= 4 is 0 Å². The van der Waals surface area contributed by atoms with E-state index in [-0.39, 0.29) is 0 Å². The summed E-state index contributed by atoms with van der Waals surface area (Å²) in [6.07, 6.45) is 16.3. The van der Waals surface area contributed by atoms with E-state index in [1.54, 1.807) is 0 Å². The van der Waals surface area contributed by atoms with Crippen LogP contribution in [0.15, 0.2) is 46.6 Å². The van der Waals surface area contributed by atoms with Crippen molar-refractivity contribution < 1.29 is 0 Å². The minimum atomic E-state index is 0.408. The highest BCUT2D eigenvalue weighted by Gasteiger charge is 1.93. The fourth-order valence-electron chi connectivity index (χ4n) is 2.16. The van der Waals surface area contributed by atoms with Crippen molar-refractivity contribution in [3.05, 3.63) is 53.5 Å². The molecular formula is C21H33. The maximum Gasteiger partial charge on any atom is -0.00495 e. The second-order valence-electron chi connectivity index (χ2n) is 6.25. The molecule has 0 fully saturated rings. The second kappa shape index (κ2) is 12.7. The molecule has 0 aliphatic rings. The quantitative estimate of drug-likeness (QED) is 0.375. The topological polar surface area (TPSA) is 0 Å². The monoisotopic (exact) mass is 285 g/mol. The van der Waals surface area contributed by atoms with Gasteiger partial charge in [-0.2, -0.15) is 0 Å². The van der Waals surface area contributed by atoms with E-state index in [4.69, 9.17) is 6.92 Å². The minimum Gasteiger partial charge on any atom is -0.0856 e. The predicted molar refractivity (Wildman–Crippen MR) is 96.3 cm³/mol. The van der Waals surface area contributed by atoms with E-state index < -0.39 is 0 Å². The lowest BCUT2D eigenvalue weighted by molar-refractivity contribution is 0.898. The van der Waals surface area contributed by atoms with Gasteiger partial charge in [-0.05, 0) is 86.5 Å². The maximum absolute atomic E-state index is 7.15. The Hall–Kier alpha value is -1.04. The Bertz CT molecular complexity index is 384. The van der Waals surface area contributed by atoms with Gasteiger partial charge in [-0.25, -0.2) is 0 Å². The van der Waals surface area contributed by atoms with Gasteiger partial charge in [-0.15, -0.1) is 0 Å². The molecule has 0 nitrogen and oxygen atoms in total. The Kier molecular flexibility index (Phi) is 12.1. The maximum atomic E-state index is 7.15. The van der Waals surface area contributed by atoms with Crippen LogP contribution in [-0.4, -0.2) is 0 Å². The van der Waals surface area contributed by atoms with Crippen molar-refractivity contribution in [1.82, 2.24) is 0 Å². The van der Waals surface area contributed by atoms with Gasteiger partial charge >= 0.3 is 0 Å². The van der Waals surface area contributed by atoms with Gasteiger partial charge in [-0.1, -0.05) is 46.6 Å². The minimum absolute atomic E-state index is 0.408. The summed E-state index contributed by atoms with van der Waals surface area (Å²) in [5.74, 6) is 0. The van der Waals surface area contributed by atoms with Crippen LogP contribution in [0.5, 0.6) is 0 Å². The zero-order chi connectivity index (χ0) is 16.1. The average molecular weight is 285 g/mol. The van der Waals surface area contributed by atoms with E-state index in [0.29, 0.717) is 6.42 Å². The van der Waals surface area contributed by atoms with Crippen LogP contribution in [0.25, 0.3) is 0 Å². The third-order valence-electron chi connectivity index (χ3n) is 3.60. The molecule has 0 aliphatic heterocycles. The van der Waals surface area contributed by atoms with Crippen molar-refractivity contribution in [3.63, 3.8) is 0 Å². The number of allylic oxidation sites excluding steroid dienone is 8. The molecule has 0 amide bonds. The second-order valence-corrected chi connectivity index (χ2v) is 6.25. The molecule has 0 bridgehead atoms. The molecule has 0 aromatic carbocycles. The molecule has 117 valence electrons. The van der Waals surface area contributed by atoms with Crippen molar-refractivity contribution in [2.75, 3.05) is 0 Å². The zero-order valence-electron chi connectivity index (χ0n) is 14.8. The molecule has 0 rings (SSSR count). The third kappa shape index (κ3) is 13.7. The van der Waals surface area contributed by atoms with Crippen LogP contribution in [0, 0.1) is 6.92 Å². The third-order valence-corrected chi connectivity index (χ3v) is 3.60. The first kappa shape index (κ1) is 20.0. The normalized spacial score (nSPS) is 13.5. The van der Waals surface area contributed by atoms with Crippen LogP contribution in [-0.2, 0) is 0 Å². The van der Waals surface area contributed by atoms with E-state index in [1.165, 1.54) is 41.6 Å². The Morgan fingerprint density at radius 1 is 0.619 bits per heavy atom. The lowest BCUT2D eigenvalue weighted by Gasteiger charge is -2.02. The zero-order valence-corrected chi connectivity index (χ0v) is 14.8. The lowest BCUT2D eigenvalue weighted by Crippen LogP contribution is -1.82. The Labute approximate surface area is 133 Å². The summed E-state index contributed by atoms with van der Waals surface area (Å²) >= 11 is 0. The lowest BCUT2D eigenvalue weighted by atomic mass is 10.0. The summed E-state index contributed by atoms with van der Waals surface area (Å²) in [5, 5.41) is 0. The molecule has 0 saturated carbocycles. The summed E-state index contributed by atoms with van der Waals surface area (Å²) < 4.78 is 0. The van der Waals surface area contributed by atoms with E-state index in [2.05, 4.69) is 52.8 Å². The highest BCUT2D eigenvalue weighted by atomic mass is 14.0. The van der Waals surface area contributed by atoms with Crippen LogP contribution in [0.3, 0.4) is 0 Å². The predicted octanol–water partition coefficient (Wildman–Crippen LogP) is 7.11. The summed E-state index contributed by atoms with van der Waals surface area (Å²) in [6, 6.07) is 0. The molecule has 3 radical (unpaired) electrons. The van der Waals surface area contributed by atoms with Crippen molar-refractivity contribution in [2.45, 2.75) is 79.6 Å². The van der Waals surface area contributed by atoms with E-state index in [9.17, 15) is 0 Å². The fourth-order valence-corrected chi connectivity index (χ4v) is 2.16. The van der Waals surface area contributed by atoms with Gasteiger partial charge in [0, 0.05) is 0 Å². The summed E-state index contributed by atoms with van der Waals surface area (Å²) in [6.45, 7) is 18.1. The summed E-state index contributed by atoms with van der Waals surface area (Å²) in [4.78, 5) is 0. The van der Waals surface area contributed by atoms with Gasteiger partial charge < -0.3 is 0 Å². The van der Waals surface area contributed by atoms with Crippen molar-refractivity contribution in [1.29, 1.82) is 0 Å². The van der Waals surface area contributed by atoms with Gasteiger partial charge in [0.2, 0.25) is 0 Å². The van der Waals surface area contributed by atoms with Crippen molar-refractivity contribution in [2.24, 2.45) is 0 Å². The van der Waals surface area contributed by atoms with Crippen LogP contribution in [0.4, 0.5) is 0 Å². The molecule has 0 aromatic rings. The van der Waals surface area contributed by atoms with E-state index in [0.717, 1.165) is 19.3 Å². The van der Waals surface area contributed by atoms with E-state index >= 15 is 0 Å². The number of hydrogen-bond donors (Lipinski definition) is 0. The number of rotatable bonds is 10. The Morgan fingerprint density at radius 2 is 1.00 bits per heavy atom. The first-order valence-electron chi connectivity index (χ1n) is 8.20. The Balaban J connectivity index is 3.93. The molecule has 0 aromatic heterocycles. The molecule has 0 heterocycles. The van der Waals surface area contributed by atoms with Gasteiger partial charge in [0.05, 0.1) is 0 Å². The average Bonchev–Trinajstić information content (AvgIpc) is 2.38. The van der Waals surface area contributed by atoms with Crippen LogP contribution < -0.4 is 0 Å². The molecule has 0 N–H and O–H groups in total.